The molecule has 0 radical (unpaired) electrons. The van der Waals surface area contributed by atoms with Gasteiger partial charge in [0.05, 0.1) is 22.4 Å². The Bertz CT molecular complexity index is 760. The monoisotopic (exact) mass is 344 g/mol. The first-order valence-corrected chi connectivity index (χ1v) is 8.70. The van der Waals surface area contributed by atoms with Gasteiger partial charge in [-0.2, -0.15) is 0 Å². The number of rotatable bonds is 3. The fraction of sp³-hybridized carbons (Fsp3) is 0.526. The van der Waals surface area contributed by atoms with Crippen LogP contribution in [0.3, 0.4) is 0 Å². The van der Waals surface area contributed by atoms with Gasteiger partial charge in [0.1, 0.15) is 0 Å². The maximum atomic E-state index is 5.48. The van der Waals surface area contributed by atoms with E-state index in [9.17, 15) is 0 Å². The minimum Gasteiger partial charge on any atom is -0.358 e. The minimum absolute atomic E-state index is 0.0767. The van der Waals surface area contributed by atoms with E-state index >= 15 is 0 Å². The molecule has 0 amide bonds. The van der Waals surface area contributed by atoms with Crippen molar-refractivity contribution in [1.82, 2.24) is 15.3 Å². The lowest BCUT2D eigenvalue weighted by Gasteiger charge is -2.34. The van der Waals surface area contributed by atoms with Crippen LogP contribution in [0.1, 0.15) is 52.4 Å². The van der Waals surface area contributed by atoms with Crippen molar-refractivity contribution >= 4 is 34.1 Å². The molecule has 1 aromatic carbocycles. The standard InChI is InChI=1S/C19H28N4S/c1-12-13(2)21-16-10-14(8-9-15(16)20-12)22-17(24)23-19(6,7)11-18(3,4)5/h8-10H,11H2,1-7H3,(H2,22,23,24). The third-order valence-electron chi connectivity index (χ3n) is 3.76. The number of fused-ring (bicyclic) bond motifs is 1. The summed E-state index contributed by atoms with van der Waals surface area (Å²) in [6, 6.07) is 5.94. The molecular formula is C19H28N4S. The van der Waals surface area contributed by atoms with E-state index in [0.717, 1.165) is 34.5 Å². The van der Waals surface area contributed by atoms with Crippen molar-refractivity contribution in [3.63, 3.8) is 0 Å². The quantitative estimate of drug-likeness (QED) is 0.787. The number of anilines is 1. The zero-order valence-corrected chi connectivity index (χ0v) is 16.6. The number of thiocarbonyl (C=S) groups is 1. The molecule has 0 aliphatic heterocycles. The molecule has 0 aliphatic carbocycles. The molecule has 0 saturated heterocycles. The van der Waals surface area contributed by atoms with Crippen LogP contribution >= 0.6 is 12.2 Å². The van der Waals surface area contributed by atoms with Crippen LogP contribution in [0.25, 0.3) is 11.0 Å². The van der Waals surface area contributed by atoms with E-state index in [-0.39, 0.29) is 11.0 Å². The molecule has 0 fully saturated rings. The lowest BCUT2D eigenvalue weighted by Crippen LogP contribution is -2.47. The summed E-state index contributed by atoms with van der Waals surface area (Å²) in [5, 5.41) is 7.30. The van der Waals surface area contributed by atoms with Gasteiger partial charge >= 0.3 is 0 Å². The molecule has 2 aromatic rings. The second kappa shape index (κ2) is 6.63. The van der Waals surface area contributed by atoms with Crippen LogP contribution in [0.2, 0.25) is 0 Å². The molecule has 0 aliphatic rings. The second-order valence-corrected chi connectivity index (χ2v) is 8.71. The summed E-state index contributed by atoms with van der Waals surface area (Å²) in [4.78, 5) is 9.16. The summed E-state index contributed by atoms with van der Waals surface area (Å²) < 4.78 is 0. The molecule has 0 saturated carbocycles. The van der Waals surface area contributed by atoms with Gasteiger partial charge in [-0.1, -0.05) is 20.8 Å². The Kier molecular flexibility index (Phi) is 5.14. The largest absolute Gasteiger partial charge is 0.358 e. The zero-order chi connectivity index (χ0) is 18.1. The summed E-state index contributed by atoms with van der Waals surface area (Å²) in [5.74, 6) is 0. The Balaban J connectivity index is 2.11. The van der Waals surface area contributed by atoms with Gasteiger partial charge < -0.3 is 10.6 Å². The minimum atomic E-state index is -0.0767. The van der Waals surface area contributed by atoms with Gasteiger partial charge in [0, 0.05) is 11.2 Å². The molecule has 0 unspecified atom stereocenters. The van der Waals surface area contributed by atoms with Gasteiger partial charge in [0.15, 0.2) is 5.11 Å². The van der Waals surface area contributed by atoms with Crippen LogP contribution in [-0.2, 0) is 0 Å². The third-order valence-corrected chi connectivity index (χ3v) is 3.96. The van der Waals surface area contributed by atoms with E-state index in [0.29, 0.717) is 5.11 Å². The SMILES string of the molecule is Cc1nc2ccc(NC(=S)NC(C)(C)CC(C)(C)C)cc2nc1C. The summed E-state index contributed by atoms with van der Waals surface area (Å²) in [7, 11) is 0. The predicted molar refractivity (Wildman–Crippen MR) is 107 cm³/mol. The number of nitrogens with one attached hydrogen (secondary N) is 2. The highest BCUT2D eigenvalue weighted by Gasteiger charge is 2.25. The Hall–Kier alpha value is -1.75. The van der Waals surface area contributed by atoms with Gasteiger partial charge in [-0.3, -0.25) is 0 Å². The fourth-order valence-electron chi connectivity index (χ4n) is 3.15. The highest BCUT2D eigenvalue weighted by molar-refractivity contribution is 7.80. The first kappa shape index (κ1) is 18.6. The van der Waals surface area contributed by atoms with Crippen LogP contribution in [0.4, 0.5) is 5.69 Å². The normalized spacial score (nSPS) is 12.3. The summed E-state index contributed by atoms with van der Waals surface area (Å²) in [5.41, 5.74) is 4.77. The third kappa shape index (κ3) is 5.13. The molecule has 130 valence electrons. The van der Waals surface area contributed by atoms with Gasteiger partial charge in [0.25, 0.3) is 0 Å². The first-order chi connectivity index (χ1) is 11.0. The molecule has 24 heavy (non-hydrogen) atoms. The van der Waals surface area contributed by atoms with E-state index in [1.807, 2.05) is 32.0 Å². The van der Waals surface area contributed by atoms with E-state index in [1.165, 1.54) is 0 Å². The fourth-order valence-corrected chi connectivity index (χ4v) is 3.54. The maximum Gasteiger partial charge on any atom is 0.171 e. The van der Waals surface area contributed by atoms with Crippen molar-refractivity contribution in [3.8, 4) is 0 Å². The first-order valence-electron chi connectivity index (χ1n) is 8.29. The Morgan fingerprint density at radius 1 is 1.00 bits per heavy atom. The highest BCUT2D eigenvalue weighted by atomic mass is 32.1. The number of nitrogens with zero attached hydrogens (tertiary/aromatic N) is 2. The average molecular weight is 345 g/mol. The van der Waals surface area contributed by atoms with E-state index < -0.39 is 0 Å². The molecule has 0 bridgehead atoms. The van der Waals surface area contributed by atoms with Crippen molar-refractivity contribution < 1.29 is 0 Å². The van der Waals surface area contributed by atoms with E-state index in [4.69, 9.17) is 12.2 Å². The van der Waals surface area contributed by atoms with Gasteiger partial charge in [0.2, 0.25) is 0 Å². The number of hydrogen-bond acceptors (Lipinski definition) is 3. The molecular weight excluding hydrogens is 316 g/mol. The Labute approximate surface area is 150 Å². The van der Waals surface area contributed by atoms with Gasteiger partial charge in [-0.15, -0.1) is 0 Å². The van der Waals surface area contributed by atoms with Crippen molar-refractivity contribution in [3.05, 3.63) is 29.6 Å². The van der Waals surface area contributed by atoms with Crippen LogP contribution < -0.4 is 10.6 Å². The number of benzene rings is 1. The number of hydrogen-bond donors (Lipinski definition) is 2. The van der Waals surface area contributed by atoms with Crippen LogP contribution in [0, 0.1) is 19.3 Å². The van der Waals surface area contributed by atoms with Crippen molar-refractivity contribution in [2.75, 3.05) is 5.32 Å². The smallest absolute Gasteiger partial charge is 0.171 e. The predicted octanol–water partition coefficient (Wildman–Crippen LogP) is 4.75. The highest BCUT2D eigenvalue weighted by Crippen LogP contribution is 2.27. The Morgan fingerprint density at radius 2 is 1.58 bits per heavy atom. The topological polar surface area (TPSA) is 49.8 Å². The summed E-state index contributed by atoms with van der Waals surface area (Å²) in [6.07, 6.45) is 1.02. The van der Waals surface area contributed by atoms with Crippen molar-refractivity contribution in [2.24, 2.45) is 5.41 Å². The second-order valence-electron chi connectivity index (χ2n) is 8.30. The number of aromatic nitrogens is 2. The molecule has 2 rings (SSSR count). The molecule has 0 atom stereocenters. The van der Waals surface area contributed by atoms with Crippen molar-refractivity contribution in [2.45, 2.75) is 60.4 Å². The Morgan fingerprint density at radius 3 is 2.17 bits per heavy atom. The maximum absolute atomic E-state index is 5.48. The van der Waals surface area contributed by atoms with Gasteiger partial charge in [-0.05, 0) is 69.9 Å². The summed E-state index contributed by atoms with van der Waals surface area (Å²) in [6.45, 7) is 15.0. The number of aryl methyl sites for hydroxylation is 2. The molecule has 1 heterocycles. The van der Waals surface area contributed by atoms with Crippen LogP contribution in [0.5, 0.6) is 0 Å². The van der Waals surface area contributed by atoms with Crippen LogP contribution in [0.15, 0.2) is 18.2 Å². The van der Waals surface area contributed by atoms with E-state index in [1.54, 1.807) is 0 Å². The van der Waals surface area contributed by atoms with Gasteiger partial charge in [-0.25, -0.2) is 9.97 Å². The zero-order valence-electron chi connectivity index (χ0n) is 15.7. The van der Waals surface area contributed by atoms with Crippen molar-refractivity contribution in [1.29, 1.82) is 0 Å². The molecule has 5 heteroatoms. The molecule has 0 spiro atoms. The summed E-state index contributed by atoms with van der Waals surface area (Å²) >= 11 is 5.48. The molecule has 4 nitrogen and oxygen atoms in total. The molecule has 2 N–H and O–H groups in total. The lowest BCUT2D eigenvalue weighted by atomic mass is 9.82. The molecule has 1 aromatic heterocycles. The lowest BCUT2D eigenvalue weighted by molar-refractivity contribution is 0.268. The average Bonchev–Trinajstić information content (AvgIpc) is 2.36. The van der Waals surface area contributed by atoms with E-state index in [2.05, 4.69) is 55.2 Å². The van der Waals surface area contributed by atoms with Crippen LogP contribution in [-0.4, -0.2) is 20.6 Å².